The number of aryl methyl sites for hydroxylation is 2. The van der Waals surface area contributed by atoms with Crippen LogP contribution in [0.2, 0.25) is 0 Å². The van der Waals surface area contributed by atoms with Gasteiger partial charge in [-0.1, -0.05) is 37.7 Å². The molecule has 0 saturated heterocycles. The first-order chi connectivity index (χ1) is 13.3. The summed E-state index contributed by atoms with van der Waals surface area (Å²) >= 11 is 1.67. The fraction of sp³-hybridized carbons (Fsp3) is 0.400. The molecule has 0 amide bonds. The number of benzene rings is 1. The number of rotatable bonds is 7. The van der Waals surface area contributed by atoms with E-state index in [2.05, 4.69) is 59.1 Å². The van der Waals surface area contributed by atoms with Crippen molar-refractivity contribution in [3.63, 3.8) is 0 Å². The molecule has 0 unspecified atom stereocenters. The van der Waals surface area contributed by atoms with E-state index in [1.807, 2.05) is 11.5 Å². The Morgan fingerprint density at radius 1 is 1.11 bits per heavy atom. The van der Waals surface area contributed by atoms with Crippen molar-refractivity contribution in [2.75, 3.05) is 5.75 Å². The normalized spacial score (nSPS) is 11.3. The topological polar surface area (TPSA) is 96.4 Å². The Kier molecular flexibility index (Phi) is 6.18. The van der Waals surface area contributed by atoms with Crippen molar-refractivity contribution in [2.24, 2.45) is 5.92 Å². The van der Waals surface area contributed by atoms with Gasteiger partial charge in [0.15, 0.2) is 5.16 Å². The van der Waals surface area contributed by atoms with Crippen LogP contribution >= 0.6 is 11.8 Å². The van der Waals surface area contributed by atoms with Crippen molar-refractivity contribution in [1.29, 1.82) is 0 Å². The average Bonchev–Trinajstić information content (AvgIpc) is 2.98. The van der Waals surface area contributed by atoms with Crippen LogP contribution in [0.1, 0.15) is 42.9 Å². The fourth-order valence-corrected chi connectivity index (χ4v) is 4.08. The molecule has 1 aromatic carbocycles. The minimum atomic E-state index is -0.521. The van der Waals surface area contributed by atoms with E-state index >= 15 is 0 Å². The van der Waals surface area contributed by atoms with Gasteiger partial charge in [-0.3, -0.25) is 14.3 Å². The molecule has 3 rings (SSSR count). The minimum Gasteiger partial charge on any atom is -0.311 e. The molecule has 0 saturated carbocycles. The zero-order valence-corrected chi connectivity index (χ0v) is 17.4. The Morgan fingerprint density at radius 3 is 2.61 bits per heavy atom. The highest BCUT2D eigenvalue weighted by Crippen LogP contribution is 2.27. The van der Waals surface area contributed by atoms with E-state index in [9.17, 15) is 9.59 Å². The average molecular weight is 400 g/mol. The smallest absolute Gasteiger partial charge is 0.311 e. The summed E-state index contributed by atoms with van der Waals surface area (Å²) in [5.41, 5.74) is 2.82. The summed E-state index contributed by atoms with van der Waals surface area (Å²) < 4.78 is 2.03. The second kappa shape index (κ2) is 8.60. The van der Waals surface area contributed by atoms with E-state index < -0.39 is 11.2 Å². The zero-order chi connectivity index (χ0) is 20.3. The number of nitrogens with one attached hydrogen (secondary N) is 2. The van der Waals surface area contributed by atoms with Gasteiger partial charge in [-0.25, -0.2) is 4.79 Å². The quantitative estimate of drug-likeness (QED) is 0.596. The van der Waals surface area contributed by atoms with Crippen LogP contribution in [0.3, 0.4) is 0 Å². The maximum atomic E-state index is 11.6. The molecule has 0 aliphatic heterocycles. The van der Waals surface area contributed by atoms with Crippen molar-refractivity contribution in [2.45, 2.75) is 45.7 Å². The third-order valence-corrected chi connectivity index (χ3v) is 5.36. The maximum absolute atomic E-state index is 11.6. The fourth-order valence-electron chi connectivity index (χ4n) is 2.88. The highest BCUT2D eigenvalue weighted by molar-refractivity contribution is 7.99. The predicted octanol–water partition coefficient (Wildman–Crippen LogP) is 2.99. The summed E-state index contributed by atoms with van der Waals surface area (Å²) in [6.07, 6.45) is 1.39. The van der Waals surface area contributed by atoms with E-state index in [1.54, 1.807) is 11.8 Å². The Hall–Kier alpha value is -2.61. The maximum Gasteiger partial charge on any atom is 0.325 e. The SMILES string of the molecule is Cc1ccc(C)c(-n2c(Cc3cc(=O)[nH]c(=O)[nH]3)nnc2SCCC(C)C)c1. The number of hydrogen-bond acceptors (Lipinski definition) is 5. The molecule has 0 spiro atoms. The third kappa shape index (κ3) is 4.81. The molecule has 8 heteroatoms. The van der Waals surface area contributed by atoms with Gasteiger partial charge in [0.1, 0.15) is 5.82 Å². The van der Waals surface area contributed by atoms with Crippen LogP contribution in [0.5, 0.6) is 0 Å². The van der Waals surface area contributed by atoms with Gasteiger partial charge < -0.3 is 4.98 Å². The van der Waals surface area contributed by atoms with Gasteiger partial charge in [0.05, 0.1) is 5.69 Å². The Bertz CT molecular complexity index is 1050. The van der Waals surface area contributed by atoms with Crippen LogP contribution in [-0.4, -0.2) is 30.5 Å². The first-order valence-corrected chi connectivity index (χ1v) is 10.3. The molecular formula is C20H25N5O2S. The Balaban J connectivity index is 2.04. The van der Waals surface area contributed by atoms with E-state index in [-0.39, 0.29) is 0 Å². The predicted molar refractivity (Wildman–Crippen MR) is 112 cm³/mol. The zero-order valence-electron chi connectivity index (χ0n) is 16.6. The van der Waals surface area contributed by atoms with Crippen LogP contribution in [-0.2, 0) is 6.42 Å². The summed E-state index contributed by atoms with van der Waals surface area (Å²) in [4.78, 5) is 28.1. The molecule has 0 atom stereocenters. The number of nitrogens with zero attached hydrogens (tertiary/aromatic N) is 3. The highest BCUT2D eigenvalue weighted by Gasteiger charge is 2.17. The van der Waals surface area contributed by atoms with Gasteiger partial charge in [-0.2, -0.15) is 0 Å². The van der Waals surface area contributed by atoms with Crippen LogP contribution in [0, 0.1) is 19.8 Å². The van der Waals surface area contributed by atoms with Gasteiger partial charge in [0.25, 0.3) is 5.56 Å². The van der Waals surface area contributed by atoms with Crippen molar-refractivity contribution in [1.82, 2.24) is 24.7 Å². The molecule has 0 radical (unpaired) electrons. The summed E-state index contributed by atoms with van der Waals surface area (Å²) in [7, 11) is 0. The van der Waals surface area contributed by atoms with Gasteiger partial charge >= 0.3 is 5.69 Å². The van der Waals surface area contributed by atoms with Crippen LogP contribution in [0.4, 0.5) is 0 Å². The van der Waals surface area contributed by atoms with E-state index in [1.165, 1.54) is 6.07 Å². The number of hydrogen-bond donors (Lipinski definition) is 2. The van der Waals surface area contributed by atoms with Gasteiger partial charge in [0, 0.05) is 23.9 Å². The summed E-state index contributed by atoms with van der Waals surface area (Å²) in [5.74, 6) is 2.25. The van der Waals surface area contributed by atoms with Crippen molar-refractivity contribution >= 4 is 11.8 Å². The molecule has 0 aliphatic carbocycles. The molecule has 2 N–H and O–H groups in total. The van der Waals surface area contributed by atoms with Crippen molar-refractivity contribution in [3.05, 3.63) is 67.7 Å². The van der Waals surface area contributed by atoms with Crippen molar-refractivity contribution in [3.8, 4) is 5.69 Å². The van der Waals surface area contributed by atoms with Gasteiger partial charge in [-0.15, -0.1) is 10.2 Å². The lowest BCUT2D eigenvalue weighted by Gasteiger charge is -2.14. The minimum absolute atomic E-state index is 0.310. The molecule has 0 aliphatic rings. The molecule has 2 aromatic heterocycles. The summed E-state index contributed by atoms with van der Waals surface area (Å²) in [6.45, 7) is 8.50. The second-order valence-corrected chi connectivity index (χ2v) is 8.41. The number of aromatic amines is 2. The lowest BCUT2D eigenvalue weighted by molar-refractivity contribution is 0.631. The molecular weight excluding hydrogens is 374 g/mol. The number of thioether (sulfide) groups is 1. The highest BCUT2D eigenvalue weighted by atomic mass is 32.2. The van der Waals surface area contributed by atoms with Gasteiger partial charge in [-0.05, 0) is 43.4 Å². The van der Waals surface area contributed by atoms with Crippen molar-refractivity contribution < 1.29 is 0 Å². The lowest BCUT2D eigenvalue weighted by atomic mass is 10.1. The third-order valence-electron chi connectivity index (χ3n) is 4.40. The largest absolute Gasteiger partial charge is 0.325 e. The van der Waals surface area contributed by atoms with E-state index in [4.69, 9.17) is 0 Å². The van der Waals surface area contributed by atoms with Crippen LogP contribution < -0.4 is 11.2 Å². The second-order valence-electron chi connectivity index (χ2n) is 7.34. The van der Waals surface area contributed by atoms with E-state index in [0.717, 1.165) is 34.1 Å². The number of aromatic nitrogens is 5. The van der Waals surface area contributed by atoms with Gasteiger partial charge in [0.2, 0.25) is 0 Å². The molecule has 7 nitrogen and oxygen atoms in total. The van der Waals surface area contributed by atoms with Crippen LogP contribution in [0.15, 0.2) is 39.0 Å². The molecule has 0 fully saturated rings. The first-order valence-electron chi connectivity index (χ1n) is 9.30. The number of H-pyrrole nitrogens is 2. The van der Waals surface area contributed by atoms with E-state index in [0.29, 0.717) is 23.9 Å². The molecule has 0 bridgehead atoms. The Morgan fingerprint density at radius 2 is 1.89 bits per heavy atom. The summed E-state index contributed by atoms with van der Waals surface area (Å²) in [5, 5.41) is 9.59. The monoisotopic (exact) mass is 399 g/mol. The summed E-state index contributed by atoms with van der Waals surface area (Å²) in [6, 6.07) is 7.64. The van der Waals surface area contributed by atoms with Crippen LogP contribution in [0.25, 0.3) is 5.69 Å². The molecule has 28 heavy (non-hydrogen) atoms. The first kappa shape index (κ1) is 20.1. The lowest BCUT2D eigenvalue weighted by Crippen LogP contribution is -2.23. The molecule has 3 aromatic rings. The molecule has 2 heterocycles. The standard InChI is InChI=1S/C20H25N5O2S/c1-12(2)7-8-28-20-24-23-17(10-15-11-18(26)22-19(27)21-15)25(20)16-9-13(3)5-6-14(16)4/h5-6,9,11-12H,7-8,10H2,1-4H3,(H2,21,22,26,27). The molecule has 148 valence electrons. The Labute approximate surface area is 167 Å².